The van der Waals surface area contributed by atoms with Gasteiger partial charge in [-0.05, 0) is 18.9 Å². The average molecular weight is 263 g/mol. The maximum Gasteiger partial charge on any atom is 0.293 e. The number of hydrogen-bond donors (Lipinski definition) is 2. The number of nitrogens with one attached hydrogen (secondary N) is 2. The Bertz CT molecular complexity index is 544. The minimum Gasteiger partial charge on any atom is -0.490 e. The second-order valence-electron chi connectivity index (χ2n) is 4.61. The van der Waals surface area contributed by atoms with Crippen molar-refractivity contribution in [2.24, 2.45) is 0 Å². The molecule has 1 fully saturated rings. The largest absolute Gasteiger partial charge is 0.490 e. The van der Waals surface area contributed by atoms with Crippen LogP contribution in [-0.2, 0) is 10.3 Å². The van der Waals surface area contributed by atoms with Crippen LogP contribution in [0.2, 0.25) is 0 Å². The molecule has 2 rings (SSSR count). The Morgan fingerprint density at radius 1 is 1.58 bits per heavy atom. The summed E-state index contributed by atoms with van der Waals surface area (Å²) in [5, 5.41) is 2.89. The second-order valence-corrected chi connectivity index (χ2v) is 4.61. The minimum absolute atomic E-state index is 0.159. The highest BCUT2D eigenvalue weighted by atomic mass is 16.5. The standard InChI is InChI=1S/C13H17N3O3/c1-3-10(17)16-13(6-4-5-7-13)12-14-8-9(19-2)11(18)15-12/h3,8H,1,4-7H2,2H3,(H,16,17)(H,14,15,18). The van der Waals surface area contributed by atoms with E-state index in [-0.39, 0.29) is 17.2 Å². The van der Waals surface area contributed by atoms with Gasteiger partial charge in [0.1, 0.15) is 5.82 Å². The first-order chi connectivity index (χ1) is 9.11. The third-order valence-electron chi connectivity index (χ3n) is 3.44. The average Bonchev–Trinajstić information content (AvgIpc) is 2.88. The van der Waals surface area contributed by atoms with Gasteiger partial charge in [-0.25, -0.2) is 4.98 Å². The number of ether oxygens (including phenoxy) is 1. The van der Waals surface area contributed by atoms with E-state index in [1.807, 2.05) is 0 Å². The number of H-pyrrole nitrogens is 1. The van der Waals surface area contributed by atoms with Crippen LogP contribution < -0.4 is 15.6 Å². The Labute approximate surface area is 110 Å². The van der Waals surface area contributed by atoms with Gasteiger partial charge in [0.25, 0.3) is 5.56 Å². The number of nitrogens with zero attached hydrogens (tertiary/aromatic N) is 1. The number of rotatable bonds is 4. The number of carbonyl (C=O) groups excluding carboxylic acids is 1. The van der Waals surface area contributed by atoms with Crippen LogP contribution in [0.15, 0.2) is 23.6 Å². The van der Waals surface area contributed by atoms with Crippen LogP contribution in [0.4, 0.5) is 0 Å². The number of methoxy groups -OCH3 is 1. The van der Waals surface area contributed by atoms with Crippen molar-refractivity contribution in [3.8, 4) is 5.75 Å². The molecule has 0 spiro atoms. The minimum atomic E-state index is -0.600. The van der Waals surface area contributed by atoms with Gasteiger partial charge in [0.15, 0.2) is 0 Å². The van der Waals surface area contributed by atoms with Crippen molar-refractivity contribution in [1.29, 1.82) is 0 Å². The number of carbonyl (C=O) groups is 1. The zero-order valence-corrected chi connectivity index (χ0v) is 10.9. The van der Waals surface area contributed by atoms with E-state index in [1.54, 1.807) is 0 Å². The Balaban J connectivity index is 2.39. The second kappa shape index (κ2) is 5.26. The summed E-state index contributed by atoms with van der Waals surface area (Å²) < 4.78 is 4.89. The predicted molar refractivity (Wildman–Crippen MR) is 69.9 cm³/mol. The van der Waals surface area contributed by atoms with Crippen LogP contribution in [0.25, 0.3) is 0 Å². The van der Waals surface area contributed by atoms with Crippen LogP contribution in [0.5, 0.6) is 5.75 Å². The van der Waals surface area contributed by atoms with E-state index in [9.17, 15) is 9.59 Å². The number of aromatic nitrogens is 2. The van der Waals surface area contributed by atoms with Crippen LogP contribution >= 0.6 is 0 Å². The molecule has 0 aliphatic heterocycles. The highest BCUT2D eigenvalue weighted by molar-refractivity contribution is 5.87. The predicted octanol–water partition coefficient (Wildman–Crippen LogP) is 0.850. The van der Waals surface area contributed by atoms with E-state index >= 15 is 0 Å². The lowest BCUT2D eigenvalue weighted by atomic mass is 9.96. The van der Waals surface area contributed by atoms with Gasteiger partial charge < -0.3 is 15.0 Å². The van der Waals surface area contributed by atoms with Crippen molar-refractivity contribution in [1.82, 2.24) is 15.3 Å². The van der Waals surface area contributed by atoms with E-state index < -0.39 is 5.54 Å². The van der Waals surface area contributed by atoms with Gasteiger partial charge in [0, 0.05) is 0 Å². The molecular formula is C13H17N3O3. The van der Waals surface area contributed by atoms with E-state index in [1.165, 1.54) is 19.4 Å². The highest BCUT2D eigenvalue weighted by Gasteiger charge is 2.39. The quantitative estimate of drug-likeness (QED) is 0.789. The lowest BCUT2D eigenvalue weighted by Crippen LogP contribution is -2.45. The van der Waals surface area contributed by atoms with Gasteiger partial charge in [-0.1, -0.05) is 19.4 Å². The Hall–Kier alpha value is -2.11. The zero-order chi connectivity index (χ0) is 13.9. The Morgan fingerprint density at radius 3 is 2.79 bits per heavy atom. The molecule has 0 radical (unpaired) electrons. The summed E-state index contributed by atoms with van der Waals surface area (Å²) in [5.41, 5.74) is -0.942. The fourth-order valence-electron chi connectivity index (χ4n) is 2.46. The van der Waals surface area contributed by atoms with Gasteiger partial charge >= 0.3 is 0 Å². The molecule has 0 bridgehead atoms. The number of aromatic amines is 1. The van der Waals surface area contributed by atoms with Crippen molar-refractivity contribution in [2.75, 3.05) is 7.11 Å². The molecular weight excluding hydrogens is 246 g/mol. The molecule has 6 nitrogen and oxygen atoms in total. The fraction of sp³-hybridized carbons (Fsp3) is 0.462. The molecule has 0 atom stereocenters. The van der Waals surface area contributed by atoms with Gasteiger partial charge in [0.2, 0.25) is 11.7 Å². The molecule has 19 heavy (non-hydrogen) atoms. The zero-order valence-electron chi connectivity index (χ0n) is 10.9. The van der Waals surface area contributed by atoms with E-state index in [0.717, 1.165) is 25.7 Å². The van der Waals surface area contributed by atoms with Crippen molar-refractivity contribution in [2.45, 2.75) is 31.2 Å². The normalized spacial score (nSPS) is 16.9. The van der Waals surface area contributed by atoms with Crippen molar-refractivity contribution in [3.05, 3.63) is 35.0 Å². The summed E-state index contributed by atoms with van der Waals surface area (Å²) in [4.78, 5) is 30.3. The first-order valence-electron chi connectivity index (χ1n) is 6.20. The van der Waals surface area contributed by atoms with E-state index in [0.29, 0.717) is 5.82 Å². The van der Waals surface area contributed by atoms with Gasteiger partial charge in [-0.15, -0.1) is 0 Å². The van der Waals surface area contributed by atoms with Crippen LogP contribution in [0.1, 0.15) is 31.5 Å². The molecule has 0 saturated heterocycles. The first-order valence-corrected chi connectivity index (χ1v) is 6.20. The molecule has 6 heteroatoms. The molecule has 1 aliphatic carbocycles. The Morgan fingerprint density at radius 2 is 2.26 bits per heavy atom. The Kier molecular flexibility index (Phi) is 3.69. The number of hydrogen-bond acceptors (Lipinski definition) is 4. The van der Waals surface area contributed by atoms with Gasteiger partial charge in [0.05, 0.1) is 18.8 Å². The molecule has 0 unspecified atom stereocenters. The summed E-state index contributed by atoms with van der Waals surface area (Å²) in [6.07, 6.45) is 6.07. The maximum atomic E-state index is 11.8. The maximum absolute atomic E-state index is 11.8. The third-order valence-corrected chi connectivity index (χ3v) is 3.44. The monoisotopic (exact) mass is 263 g/mol. The summed E-state index contributed by atoms with van der Waals surface area (Å²) in [5.74, 6) is 0.373. The van der Waals surface area contributed by atoms with Crippen LogP contribution in [0, 0.1) is 0 Å². The fourth-order valence-corrected chi connectivity index (χ4v) is 2.46. The summed E-state index contributed by atoms with van der Waals surface area (Å²) in [6.45, 7) is 3.45. The SMILES string of the molecule is C=CC(=O)NC1(c2ncc(OC)c(=O)[nH]2)CCCC1. The topological polar surface area (TPSA) is 84.1 Å². The van der Waals surface area contributed by atoms with Crippen LogP contribution in [0.3, 0.4) is 0 Å². The lowest BCUT2D eigenvalue weighted by molar-refractivity contribution is -0.118. The van der Waals surface area contributed by atoms with Crippen molar-refractivity contribution in [3.63, 3.8) is 0 Å². The summed E-state index contributed by atoms with van der Waals surface area (Å²) >= 11 is 0. The number of amides is 1. The summed E-state index contributed by atoms with van der Waals surface area (Å²) in [7, 11) is 1.41. The lowest BCUT2D eigenvalue weighted by Gasteiger charge is -2.28. The molecule has 102 valence electrons. The van der Waals surface area contributed by atoms with E-state index in [2.05, 4.69) is 21.9 Å². The van der Waals surface area contributed by atoms with Crippen molar-refractivity contribution >= 4 is 5.91 Å². The smallest absolute Gasteiger partial charge is 0.293 e. The first kappa shape index (κ1) is 13.3. The van der Waals surface area contributed by atoms with E-state index in [4.69, 9.17) is 4.74 Å². The molecule has 2 N–H and O–H groups in total. The van der Waals surface area contributed by atoms with Gasteiger partial charge in [-0.2, -0.15) is 0 Å². The summed E-state index contributed by atoms with van der Waals surface area (Å²) in [6, 6.07) is 0. The van der Waals surface area contributed by atoms with Crippen LogP contribution in [-0.4, -0.2) is 23.0 Å². The molecule has 1 aromatic heterocycles. The molecule has 1 aromatic rings. The molecule has 0 aromatic carbocycles. The molecule has 1 amide bonds. The van der Waals surface area contributed by atoms with Crippen molar-refractivity contribution < 1.29 is 9.53 Å². The van der Waals surface area contributed by atoms with Gasteiger partial charge in [-0.3, -0.25) is 9.59 Å². The highest BCUT2D eigenvalue weighted by Crippen LogP contribution is 2.36. The molecule has 1 heterocycles. The molecule has 1 saturated carbocycles. The molecule has 1 aliphatic rings. The third kappa shape index (κ3) is 2.52.